The summed E-state index contributed by atoms with van der Waals surface area (Å²) in [5, 5.41) is 11.5. The molecule has 0 aliphatic carbocycles. The maximum absolute atomic E-state index is 11.9. The average molecular weight is 242 g/mol. The predicted octanol–water partition coefficient (Wildman–Crippen LogP) is 0.274. The fourth-order valence-corrected chi connectivity index (χ4v) is 2.05. The molecule has 5 nitrogen and oxygen atoms in total. The third kappa shape index (κ3) is 3.70. The molecule has 0 radical (unpaired) electrons. The van der Waals surface area contributed by atoms with E-state index in [9.17, 15) is 9.59 Å². The fraction of sp³-hybridized carbons (Fsp3) is 0.833. The molecule has 0 aromatic heterocycles. The quantitative estimate of drug-likeness (QED) is 0.698. The van der Waals surface area contributed by atoms with E-state index in [0.717, 1.165) is 19.3 Å². The first-order valence-corrected chi connectivity index (χ1v) is 6.32. The first kappa shape index (κ1) is 14.0. The van der Waals surface area contributed by atoms with Crippen molar-refractivity contribution >= 4 is 11.8 Å². The van der Waals surface area contributed by atoms with Crippen molar-refractivity contribution in [3.63, 3.8) is 0 Å². The number of hydrogen-bond donors (Lipinski definition) is 2. The van der Waals surface area contributed by atoms with Gasteiger partial charge in [0.2, 0.25) is 0 Å². The number of nitrogens with one attached hydrogen (secondary N) is 1. The largest absolute Gasteiger partial charge is 0.394 e. The fourth-order valence-electron chi connectivity index (χ4n) is 2.05. The topological polar surface area (TPSA) is 69.6 Å². The highest BCUT2D eigenvalue weighted by atomic mass is 16.3. The summed E-state index contributed by atoms with van der Waals surface area (Å²) in [6.07, 6.45) is 3.64. The summed E-state index contributed by atoms with van der Waals surface area (Å²) in [5.41, 5.74) is 0. The Labute approximate surface area is 102 Å². The van der Waals surface area contributed by atoms with E-state index < -0.39 is 11.8 Å². The zero-order valence-corrected chi connectivity index (χ0v) is 10.6. The van der Waals surface area contributed by atoms with Gasteiger partial charge in [-0.1, -0.05) is 6.92 Å². The van der Waals surface area contributed by atoms with Crippen LogP contribution >= 0.6 is 0 Å². The molecule has 2 N–H and O–H groups in total. The number of carbonyl (C=O) groups is 2. The molecular formula is C12H22N2O3. The summed E-state index contributed by atoms with van der Waals surface area (Å²) in [6.45, 7) is 4.34. The minimum atomic E-state index is -0.598. The highest BCUT2D eigenvalue weighted by molar-refractivity contribution is 6.35. The Kier molecular flexibility index (Phi) is 5.41. The van der Waals surface area contributed by atoms with E-state index in [2.05, 4.69) is 5.32 Å². The van der Waals surface area contributed by atoms with Gasteiger partial charge in [-0.05, 0) is 32.6 Å². The van der Waals surface area contributed by atoms with Crippen LogP contribution in [0.3, 0.4) is 0 Å². The summed E-state index contributed by atoms with van der Waals surface area (Å²) in [5.74, 6) is -1.07. The average Bonchev–Trinajstić information content (AvgIpc) is 2.35. The minimum Gasteiger partial charge on any atom is -0.394 e. The molecule has 0 bridgehead atoms. The van der Waals surface area contributed by atoms with Crippen LogP contribution in [0.2, 0.25) is 0 Å². The number of aliphatic hydroxyl groups excluding tert-OH is 1. The number of piperidine rings is 1. The molecule has 0 aromatic rings. The molecule has 1 fully saturated rings. The second kappa shape index (κ2) is 6.59. The first-order valence-electron chi connectivity index (χ1n) is 6.32. The van der Waals surface area contributed by atoms with Crippen LogP contribution in [-0.4, -0.2) is 47.1 Å². The molecule has 0 saturated carbocycles. The molecule has 2 amide bonds. The SMILES string of the molecule is CCC(CO)NC(=O)C(=O)N1CCCCC1C. The molecule has 2 atom stereocenters. The highest BCUT2D eigenvalue weighted by Gasteiger charge is 2.28. The number of amides is 2. The second-order valence-corrected chi connectivity index (χ2v) is 4.60. The second-order valence-electron chi connectivity index (χ2n) is 4.60. The Hall–Kier alpha value is -1.10. The normalized spacial score (nSPS) is 22.1. The summed E-state index contributed by atoms with van der Waals surface area (Å²) in [4.78, 5) is 25.2. The van der Waals surface area contributed by atoms with E-state index in [-0.39, 0.29) is 18.7 Å². The Balaban J connectivity index is 2.53. The molecule has 1 aliphatic heterocycles. The van der Waals surface area contributed by atoms with Crippen LogP contribution in [0.15, 0.2) is 0 Å². The number of nitrogens with zero attached hydrogens (tertiary/aromatic N) is 1. The lowest BCUT2D eigenvalue weighted by Gasteiger charge is -2.33. The molecule has 0 aromatic carbocycles. The molecule has 1 heterocycles. The summed E-state index contributed by atoms with van der Waals surface area (Å²) >= 11 is 0. The Morgan fingerprint density at radius 3 is 2.71 bits per heavy atom. The molecule has 5 heteroatoms. The first-order chi connectivity index (χ1) is 8.10. The van der Waals surface area contributed by atoms with Gasteiger partial charge in [0.25, 0.3) is 0 Å². The minimum absolute atomic E-state index is 0.134. The monoisotopic (exact) mass is 242 g/mol. The number of aliphatic hydroxyl groups is 1. The van der Waals surface area contributed by atoms with Crippen LogP contribution in [0.4, 0.5) is 0 Å². The van der Waals surface area contributed by atoms with Crippen molar-refractivity contribution in [3.05, 3.63) is 0 Å². The molecule has 1 rings (SSSR count). The van der Waals surface area contributed by atoms with Gasteiger partial charge in [-0.3, -0.25) is 9.59 Å². The number of carbonyl (C=O) groups excluding carboxylic acids is 2. The lowest BCUT2D eigenvalue weighted by Crippen LogP contribution is -2.51. The summed E-state index contributed by atoms with van der Waals surface area (Å²) in [7, 11) is 0. The molecule has 1 saturated heterocycles. The van der Waals surface area contributed by atoms with Crippen LogP contribution in [0, 0.1) is 0 Å². The molecular weight excluding hydrogens is 220 g/mol. The van der Waals surface area contributed by atoms with Gasteiger partial charge in [0.1, 0.15) is 0 Å². The van der Waals surface area contributed by atoms with Crippen molar-refractivity contribution in [1.82, 2.24) is 10.2 Å². The molecule has 0 spiro atoms. The zero-order valence-electron chi connectivity index (χ0n) is 10.6. The van der Waals surface area contributed by atoms with E-state index in [0.29, 0.717) is 13.0 Å². The highest BCUT2D eigenvalue weighted by Crippen LogP contribution is 2.16. The third-order valence-corrected chi connectivity index (χ3v) is 3.31. The van der Waals surface area contributed by atoms with Gasteiger partial charge in [-0.15, -0.1) is 0 Å². The van der Waals surface area contributed by atoms with Crippen molar-refractivity contribution in [2.24, 2.45) is 0 Å². The van der Waals surface area contributed by atoms with Crippen molar-refractivity contribution in [2.45, 2.75) is 51.6 Å². The van der Waals surface area contributed by atoms with Crippen molar-refractivity contribution < 1.29 is 14.7 Å². The van der Waals surface area contributed by atoms with Crippen LogP contribution in [0.1, 0.15) is 39.5 Å². The van der Waals surface area contributed by atoms with Crippen LogP contribution in [-0.2, 0) is 9.59 Å². The van der Waals surface area contributed by atoms with Crippen molar-refractivity contribution in [3.8, 4) is 0 Å². The maximum atomic E-state index is 11.9. The molecule has 2 unspecified atom stereocenters. The third-order valence-electron chi connectivity index (χ3n) is 3.31. The van der Waals surface area contributed by atoms with Gasteiger partial charge >= 0.3 is 11.8 Å². The van der Waals surface area contributed by atoms with Crippen molar-refractivity contribution in [1.29, 1.82) is 0 Å². The van der Waals surface area contributed by atoms with Gasteiger partial charge in [0.15, 0.2) is 0 Å². The van der Waals surface area contributed by atoms with Gasteiger partial charge < -0.3 is 15.3 Å². The predicted molar refractivity (Wildman–Crippen MR) is 64.3 cm³/mol. The summed E-state index contributed by atoms with van der Waals surface area (Å²) < 4.78 is 0. The number of hydrogen-bond acceptors (Lipinski definition) is 3. The summed E-state index contributed by atoms with van der Waals surface area (Å²) in [6, 6.07) is -0.192. The molecule has 17 heavy (non-hydrogen) atoms. The Morgan fingerprint density at radius 1 is 1.47 bits per heavy atom. The van der Waals surface area contributed by atoms with E-state index in [4.69, 9.17) is 5.11 Å². The zero-order chi connectivity index (χ0) is 12.8. The number of rotatable bonds is 3. The molecule has 98 valence electrons. The van der Waals surface area contributed by atoms with E-state index >= 15 is 0 Å². The van der Waals surface area contributed by atoms with Gasteiger partial charge in [-0.25, -0.2) is 0 Å². The van der Waals surface area contributed by atoms with E-state index in [1.54, 1.807) is 4.90 Å². The van der Waals surface area contributed by atoms with Crippen LogP contribution in [0.5, 0.6) is 0 Å². The maximum Gasteiger partial charge on any atom is 0.312 e. The molecule has 1 aliphatic rings. The Morgan fingerprint density at radius 2 is 2.18 bits per heavy atom. The van der Waals surface area contributed by atoms with E-state index in [1.165, 1.54) is 0 Å². The van der Waals surface area contributed by atoms with Gasteiger partial charge in [-0.2, -0.15) is 0 Å². The van der Waals surface area contributed by atoms with Gasteiger partial charge in [0, 0.05) is 12.6 Å². The smallest absolute Gasteiger partial charge is 0.312 e. The van der Waals surface area contributed by atoms with Crippen LogP contribution in [0.25, 0.3) is 0 Å². The van der Waals surface area contributed by atoms with Gasteiger partial charge in [0.05, 0.1) is 12.6 Å². The van der Waals surface area contributed by atoms with Crippen LogP contribution < -0.4 is 5.32 Å². The van der Waals surface area contributed by atoms with E-state index in [1.807, 2.05) is 13.8 Å². The lowest BCUT2D eigenvalue weighted by atomic mass is 10.0. The lowest BCUT2D eigenvalue weighted by molar-refractivity contribution is -0.148. The Bertz CT molecular complexity index is 277. The van der Waals surface area contributed by atoms with Crippen molar-refractivity contribution in [2.75, 3.05) is 13.2 Å². The number of likely N-dealkylation sites (tertiary alicyclic amines) is 1. The standard InChI is InChI=1S/C12H22N2O3/c1-3-10(8-15)13-11(16)12(17)14-7-5-4-6-9(14)2/h9-10,15H,3-8H2,1-2H3,(H,13,16).